The van der Waals surface area contributed by atoms with Gasteiger partial charge in [-0.15, -0.1) is 0 Å². The summed E-state index contributed by atoms with van der Waals surface area (Å²) in [6.07, 6.45) is 7.59. The Morgan fingerprint density at radius 1 is 0.842 bits per heavy atom. The van der Waals surface area contributed by atoms with Crippen molar-refractivity contribution in [2.24, 2.45) is 0 Å². The first-order valence-corrected chi connectivity index (χ1v) is 7.50. The molecule has 0 amide bonds. The van der Waals surface area contributed by atoms with Gasteiger partial charge in [0.15, 0.2) is 0 Å². The van der Waals surface area contributed by atoms with Crippen LogP contribution in [-0.2, 0) is 17.8 Å². The maximum Gasteiger partial charge on any atom is 0.0730 e. The van der Waals surface area contributed by atoms with Crippen LogP contribution in [0.5, 0.6) is 0 Å². The topological polar surface area (TPSA) is 9.23 Å². The Hall–Kier alpha value is -1.34. The first kappa shape index (κ1) is 11.5. The zero-order valence-electron chi connectivity index (χ0n) is 11.3. The van der Waals surface area contributed by atoms with E-state index in [2.05, 4.69) is 36.4 Å². The Bertz CT molecular complexity index is 603. The molecule has 0 aromatic heterocycles. The molecule has 0 radical (unpaired) electrons. The lowest BCUT2D eigenvalue weighted by Crippen LogP contribution is -2.36. The third-order valence-electron chi connectivity index (χ3n) is 4.89. The summed E-state index contributed by atoms with van der Waals surface area (Å²) in [5.41, 5.74) is 2.98. The van der Waals surface area contributed by atoms with Gasteiger partial charge in [0, 0.05) is 6.42 Å². The molecule has 0 saturated heterocycles. The summed E-state index contributed by atoms with van der Waals surface area (Å²) in [6, 6.07) is 13.3. The van der Waals surface area contributed by atoms with Crippen molar-refractivity contribution >= 4 is 10.8 Å². The number of hydrogen-bond donors (Lipinski definition) is 0. The predicted molar refractivity (Wildman–Crippen MR) is 78.3 cm³/mol. The first-order valence-electron chi connectivity index (χ1n) is 7.50. The molecule has 1 heteroatoms. The number of ether oxygens (including phenoxy) is 1. The normalized spacial score (nSPS) is 21.5. The fourth-order valence-electron chi connectivity index (χ4n) is 3.92. The molecule has 4 rings (SSSR count). The molecule has 2 aliphatic rings. The molecular weight excluding hydrogens is 232 g/mol. The van der Waals surface area contributed by atoms with Crippen LogP contribution in [0.2, 0.25) is 0 Å². The zero-order chi connectivity index (χ0) is 12.7. The maximum atomic E-state index is 6.40. The summed E-state index contributed by atoms with van der Waals surface area (Å²) in [5.74, 6) is 0. The average Bonchev–Trinajstić information content (AvgIpc) is 2.60. The number of benzene rings is 2. The molecule has 1 spiro atoms. The van der Waals surface area contributed by atoms with Gasteiger partial charge in [-0.05, 0) is 34.7 Å². The van der Waals surface area contributed by atoms with Crippen LogP contribution < -0.4 is 0 Å². The van der Waals surface area contributed by atoms with Gasteiger partial charge in [-0.3, -0.25) is 0 Å². The summed E-state index contributed by atoms with van der Waals surface area (Å²) in [4.78, 5) is 0. The summed E-state index contributed by atoms with van der Waals surface area (Å²) in [7, 11) is 0. The number of hydrogen-bond acceptors (Lipinski definition) is 1. The molecule has 98 valence electrons. The highest BCUT2D eigenvalue weighted by Gasteiger charge is 2.35. The van der Waals surface area contributed by atoms with Gasteiger partial charge >= 0.3 is 0 Å². The lowest BCUT2D eigenvalue weighted by Gasteiger charge is -2.36. The van der Waals surface area contributed by atoms with Gasteiger partial charge < -0.3 is 4.74 Å². The van der Waals surface area contributed by atoms with E-state index in [4.69, 9.17) is 4.74 Å². The van der Waals surface area contributed by atoms with E-state index in [1.54, 1.807) is 0 Å². The minimum atomic E-state index is 0.117. The van der Waals surface area contributed by atoms with E-state index >= 15 is 0 Å². The van der Waals surface area contributed by atoms with Crippen molar-refractivity contribution in [2.45, 2.75) is 50.7 Å². The SMILES string of the molecule is c1cc2c3c(cccc3c1)CC1(CCCCC1)OC2. The molecule has 1 aliphatic heterocycles. The van der Waals surface area contributed by atoms with Crippen LogP contribution in [0.3, 0.4) is 0 Å². The minimum Gasteiger partial charge on any atom is -0.370 e. The Balaban J connectivity index is 1.85. The van der Waals surface area contributed by atoms with E-state index in [0.717, 1.165) is 13.0 Å². The van der Waals surface area contributed by atoms with Gasteiger partial charge in [-0.2, -0.15) is 0 Å². The van der Waals surface area contributed by atoms with Crippen LogP contribution in [0.25, 0.3) is 10.8 Å². The third kappa shape index (κ3) is 1.88. The molecule has 19 heavy (non-hydrogen) atoms. The highest BCUT2D eigenvalue weighted by molar-refractivity contribution is 5.89. The van der Waals surface area contributed by atoms with Gasteiger partial charge in [0.25, 0.3) is 0 Å². The van der Waals surface area contributed by atoms with Crippen LogP contribution in [0.4, 0.5) is 0 Å². The third-order valence-corrected chi connectivity index (χ3v) is 4.89. The Morgan fingerprint density at radius 3 is 2.37 bits per heavy atom. The van der Waals surface area contributed by atoms with Crippen molar-refractivity contribution in [3.63, 3.8) is 0 Å². The van der Waals surface area contributed by atoms with Gasteiger partial charge in [-0.1, -0.05) is 55.7 Å². The second-order valence-corrected chi connectivity index (χ2v) is 6.14. The van der Waals surface area contributed by atoms with Crippen molar-refractivity contribution in [1.82, 2.24) is 0 Å². The highest BCUT2D eigenvalue weighted by Crippen LogP contribution is 2.40. The Morgan fingerprint density at radius 2 is 1.58 bits per heavy atom. The molecule has 1 aliphatic carbocycles. The molecule has 0 N–H and O–H groups in total. The van der Waals surface area contributed by atoms with E-state index in [1.165, 1.54) is 54.0 Å². The summed E-state index contributed by atoms with van der Waals surface area (Å²) < 4.78 is 6.40. The first-order chi connectivity index (χ1) is 9.36. The molecule has 0 bridgehead atoms. The minimum absolute atomic E-state index is 0.117. The van der Waals surface area contributed by atoms with Crippen molar-refractivity contribution in [3.05, 3.63) is 47.5 Å². The van der Waals surface area contributed by atoms with Crippen molar-refractivity contribution < 1.29 is 4.74 Å². The van der Waals surface area contributed by atoms with Crippen LogP contribution in [0.15, 0.2) is 36.4 Å². The van der Waals surface area contributed by atoms with E-state index in [-0.39, 0.29) is 5.60 Å². The monoisotopic (exact) mass is 252 g/mol. The quantitative estimate of drug-likeness (QED) is 0.665. The van der Waals surface area contributed by atoms with Gasteiger partial charge in [0.05, 0.1) is 12.2 Å². The van der Waals surface area contributed by atoms with E-state index in [0.29, 0.717) is 0 Å². The standard InChI is InChI=1S/C18H20O/c1-2-10-18(11-3-1)12-15-8-4-6-14-7-5-9-16(13-19-18)17(14)15/h4-9H,1-3,10-13H2. The maximum absolute atomic E-state index is 6.40. The van der Waals surface area contributed by atoms with Crippen molar-refractivity contribution in [2.75, 3.05) is 0 Å². The summed E-state index contributed by atoms with van der Waals surface area (Å²) in [6.45, 7) is 0.786. The van der Waals surface area contributed by atoms with Gasteiger partial charge in [0.1, 0.15) is 0 Å². The molecule has 0 unspecified atom stereocenters. The lowest BCUT2D eigenvalue weighted by atomic mass is 9.80. The largest absolute Gasteiger partial charge is 0.370 e. The summed E-state index contributed by atoms with van der Waals surface area (Å²) >= 11 is 0. The van der Waals surface area contributed by atoms with Crippen molar-refractivity contribution in [1.29, 1.82) is 0 Å². The highest BCUT2D eigenvalue weighted by atomic mass is 16.5. The predicted octanol–water partition coefficient (Wildman–Crippen LogP) is 4.62. The molecule has 2 aromatic carbocycles. The van der Waals surface area contributed by atoms with E-state index in [9.17, 15) is 0 Å². The van der Waals surface area contributed by atoms with Crippen LogP contribution in [-0.4, -0.2) is 5.60 Å². The molecule has 2 aromatic rings. The fraction of sp³-hybridized carbons (Fsp3) is 0.444. The smallest absolute Gasteiger partial charge is 0.0730 e. The number of rotatable bonds is 0. The molecule has 1 saturated carbocycles. The van der Waals surface area contributed by atoms with Crippen LogP contribution >= 0.6 is 0 Å². The lowest BCUT2D eigenvalue weighted by molar-refractivity contribution is -0.0774. The van der Waals surface area contributed by atoms with Gasteiger partial charge in [-0.25, -0.2) is 0 Å². The molecule has 0 atom stereocenters. The van der Waals surface area contributed by atoms with Crippen LogP contribution in [0.1, 0.15) is 43.2 Å². The molecule has 1 fully saturated rings. The Kier molecular flexibility index (Phi) is 2.63. The second-order valence-electron chi connectivity index (χ2n) is 6.14. The molecular formula is C18H20O. The van der Waals surface area contributed by atoms with E-state index in [1.807, 2.05) is 0 Å². The fourth-order valence-corrected chi connectivity index (χ4v) is 3.92. The van der Waals surface area contributed by atoms with Crippen molar-refractivity contribution in [3.8, 4) is 0 Å². The molecule has 1 nitrogen and oxygen atoms in total. The van der Waals surface area contributed by atoms with Crippen LogP contribution in [0, 0.1) is 0 Å². The second kappa shape index (κ2) is 4.35. The average molecular weight is 252 g/mol. The van der Waals surface area contributed by atoms with E-state index < -0.39 is 0 Å². The summed E-state index contributed by atoms with van der Waals surface area (Å²) in [5, 5.41) is 2.82. The molecule has 1 heterocycles. The van der Waals surface area contributed by atoms with Gasteiger partial charge in [0.2, 0.25) is 0 Å². The zero-order valence-corrected chi connectivity index (χ0v) is 11.3. The Labute approximate surface area is 114 Å².